The number of benzene rings is 2. The lowest BCUT2D eigenvalue weighted by atomic mass is 9.64. The average Bonchev–Trinajstić information content (AvgIpc) is 3.61. The van der Waals surface area contributed by atoms with Crippen LogP contribution in [0.4, 0.5) is 5.69 Å². The number of rotatable bonds is 11. The maximum Gasteiger partial charge on any atom is 0.253 e. The van der Waals surface area contributed by atoms with Gasteiger partial charge in [-0.15, -0.1) is 13.2 Å². The fourth-order valence-corrected chi connectivity index (χ4v) is 8.00. The number of aliphatic hydroxyl groups excluding tert-OH is 1. The molecule has 2 aromatic rings. The van der Waals surface area contributed by atoms with Gasteiger partial charge < -0.3 is 24.5 Å². The van der Waals surface area contributed by atoms with Gasteiger partial charge in [0.05, 0.1) is 30.1 Å². The summed E-state index contributed by atoms with van der Waals surface area (Å²) in [6, 6.07) is 13.3. The normalized spacial score (nSPS) is 28.0. The molecule has 5 rings (SSSR count). The molecule has 0 saturated carbocycles. The molecule has 0 radical (unpaired) electrons. The second-order valence-electron chi connectivity index (χ2n) is 12.2. The van der Waals surface area contributed by atoms with Gasteiger partial charge in [-0.3, -0.25) is 14.4 Å². The minimum atomic E-state index is -1.22. The van der Waals surface area contributed by atoms with Gasteiger partial charge in [0.1, 0.15) is 11.6 Å². The molecule has 8 heteroatoms. The van der Waals surface area contributed by atoms with Gasteiger partial charge in [0.15, 0.2) is 0 Å². The second kappa shape index (κ2) is 11.7. The zero-order valence-electron chi connectivity index (χ0n) is 25.7. The maximum absolute atomic E-state index is 15.1. The van der Waals surface area contributed by atoms with Crippen LogP contribution in [-0.4, -0.2) is 76.6 Å². The number of likely N-dealkylation sites (N-methyl/N-ethyl adjacent to an activating group) is 1. The predicted molar refractivity (Wildman–Crippen MR) is 166 cm³/mol. The van der Waals surface area contributed by atoms with Crippen LogP contribution in [0.5, 0.6) is 0 Å². The fourth-order valence-electron chi connectivity index (χ4n) is 8.00. The summed E-state index contributed by atoms with van der Waals surface area (Å²) in [5.74, 6) is -2.44. The summed E-state index contributed by atoms with van der Waals surface area (Å²) in [6.45, 7) is 13.8. The molecule has 3 aliphatic rings. The number of carbonyl (C=O) groups excluding carboxylic acids is 3. The van der Waals surface area contributed by atoms with E-state index in [0.29, 0.717) is 31.4 Å². The number of aliphatic hydroxyl groups is 1. The number of hydrogen-bond donors (Lipinski definition) is 1. The van der Waals surface area contributed by atoms with Crippen LogP contribution in [0.25, 0.3) is 0 Å². The van der Waals surface area contributed by atoms with E-state index in [2.05, 4.69) is 13.2 Å². The third-order valence-electron chi connectivity index (χ3n) is 9.88. The van der Waals surface area contributed by atoms with Crippen LogP contribution in [0.1, 0.15) is 48.9 Å². The highest BCUT2D eigenvalue weighted by molar-refractivity contribution is 6.06. The Labute approximate surface area is 254 Å². The quantitative estimate of drug-likeness (QED) is 0.396. The van der Waals surface area contributed by atoms with Gasteiger partial charge in [-0.1, -0.05) is 67.6 Å². The molecule has 3 aliphatic heterocycles. The van der Waals surface area contributed by atoms with Gasteiger partial charge in [0.2, 0.25) is 11.8 Å². The van der Waals surface area contributed by atoms with E-state index in [4.69, 9.17) is 4.74 Å². The van der Waals surface area contributed by atoms with Crippen molar-refractivity contribution in [2.45, 2.75) is 63.3 Å². The highest BCUT2D eigenvalue weighted by Crippen LogP contribution is 2.65. The molecule has 0 aromatic heterocycles. The number of ether oxygens (including phenoxy) is 1. The molecule has 43 heavy (non-hydrogen) atoms. The lowest BCUT2D eigenvalue weighted by Crippen LogP contribution is -2.57. The highest BCUT2D eigenvalue weighted by atomic mass is 16.5. The minimum Gasteiger partial charge on any atom is -0.394 e. The summed E-state index contributed by atoms with van der Waals surface area (Å²) in [6.07, 6.45) is 4.89. The van der Waals surface area contributed by atoms with Gasteiger partial charge in [-0.05, 0) is 49.8 Å². The van der Waals surface area contributed by atoms with E-state index in [0.717, 1.165) is 16.8 Å². The molecule has 1 N–H and O–H groups in total. The number of amides is 3. The van der Waals surface area contributed by atoms with E-state index < -0.39 is 35.1 Å². The summed E-state index contributed by atoms with van der Waals surface area (Å²) in [5.41, 5.74) is 1.22. The van der Waals surface area contributed by atoms with E-state index in [1.54, 1.807) is 29.0 Å². The first kappa shape index (κ1) is 30.7. The van der Waals surface area contributed by atoms with Gasteiger partial charge >= 0.3 is 0 Å². The first-order valence-electron chi connectivity index (χ1n) is 15.1. The summed E-state index contributed by atoms with van der Waals surface area (Å²) in [4.78, 5) is 48.8. The number of nitrogens with zero attached hydrogens (tertiary/aromatic N) is 3. The Bertz CT molecular complexity index is 1410. The van der Waals surface area contributed by atoms with E-state index in [1.165, 1.54) is 4.90 Å². The number of hydrogen-bond acceptors (Lipinski definition) is 5. The Morgan fingerprint density at radius 3 is 2.28 bits per heavy atom. The van der Waals surface area contributed by atoms with Crippen LogP contribution in [0, 0.1) is 25.7 Å². The summed E-state index contributed by atoms with van der Waals surface area (Å²) >= 11 is 0. The Morgan fingerprint density at radius 2 is 1.70 bits per heavy atom. The molecule has 2 aromatic carbocycles. The van der Waals surface area contributed by atoms with Crippen LogP contribution in [-0.2, 0) is 19.1 Å². The van der Waals surface area contributed by atoms with E-state index in [-0.39, 0.29) is 30.9 Å². The molecule has 3 fully saturated rings. The Morgan fingerprint density at radius 1 is 1.05 bits per heavy atom. The van der Waals surface area contributed by atoms with Gasteiger partial charge in [-0.2, -0.15) is 0 Å². The molecule has 0 aliphatic carbocycles. The zero-order chi connectivity index (χ0) is 31.1. The second-order valence-corrected chi connectivity index (χ2v) is 12.2. The van der Waals surface area contributed by atoms with Crippen LogP contribution < -0.4 is 4.90 Å². The third kappa shape index (κ3) is 4.62. The van der Waals surface area contributed by atoms with Crippen molar-refractivity contribution in [1.82, 2.24) is 9.80 Å². The standard InChI is InChI=1S/C35H43N3O5/c1-7-20-36(6)31(40)27-28-32(41)38(26(22-39)25-16-11-10-12-17-25)30(35(28)19-18-34(27,9-3)43-35)33(42)37(21-8-2)29-23(4)14-13-15-24(29)5/h7-8,10-17,26-28,30,39H,1-2,9,18-22H2,3-6H3/t26-,27-,28+,30?,34+,35?/m1/s1. The molecule has 3 heterocycles. The number of aryl methyl sites for hydroxylation is 2. The predicted octanol–water partition coefficient (Wildman–Crippen LogP) is 4.36. The Balaban J connectivity index is 1.71. The van der Waals surface area contributed by atoms with Crippen molar-refractivity contribution in [3.63, 3.8) is 0 Å². The molecule has 8 nitrogen and oxygen atoms in total. The average molecular weight is 586 g/mol. The van der Waals surface area contributed by atoms with E-state index in [9.17, 15) is 14.7 Å². The topological polar surface area (TPSA) is 90.4 Å². The summed E-state index contributed by atoms with van der Waals surface area (Å²) in [5, 5.41) is 10.8. The molecular formula is C35H43N3O5. The van der Waals surface area contributed by atoms with Gasteiger partial charge in [0.25, 0.3) is 5.91 Å². The molecule has 1 spiro atoms. The molecular weight excluding hydrogens is 542 g/mol. The molecule has 228 valence electrons. The first-order valence-corrected chi connectivity index (χ1v) is 15.1. The van der Waals surface area contributed by atoms with Crippen LogP contribution >= 0.6 is 0 Å². The largest absolute Gasteiger partial charge is 0.394 e. The monoisotopic (exact) mass is 585 g/mol. The lowest BCUT2D eigenvalue weighted by Gasteiger charge is -2.40. The van der Waals surface area contributed by atoms with Crippen molar-refractivity contribution in [3.05, 3.63) is 90.5 Å². The first-order chi connectivity index (χ1) is 20.6. The van der Waals surface area contributed by atoms with E-state index in [1.807, 2.05) is 69.3 Å². The molecule has 6 atom stereocenters. The van der Waals surface area contributed by atoms with Crippen molar-refractivity contribution in [3.8, 4) is 0 Å². The maximum atomic E-state index is 15.1. The number of fused-ring (bicyclic) bond motifs is 1. The van der Waals surface area contributed by atoms with Crippen LogP contribution in [0.3, 0.4) is 0 Å². The van der Waals surface area contributed by atoms with Crippen molar-refractivity contribution < 1.29 is 24.2 Å². The third-order valence-corrected chi connectivity index (χ3v) is 9.88. The molecule has 3 amide bonds. The van der Waals surface area contributed by atoms with Crippen molar-refractivity contribution in [2.24, 2.45) is 11.8 Å². The van der Waals surface area contributed by atoms with Crippen LogP contribution in [0.2, 0.25) is 0 Å². The van der Waals surface area contributed by atoms with E-state index >= 15 is 4.79 Å². The van der Waals surface area contributed by atoms with Crippen molar-refractivity contribution in [1.29, 1.82) is 0 Å². The zero-order valence-corrected chi connectivity index (χ0v) is 25.7. The molecule has 2 unspecified atom stereocenters. The number of carbonyl (C=O) groups is 3. The van der Waals surface area contributed by atoms with Gasteiger partial charge in [-0.25, -0.2) is 0 Å². The lowest BCUT2D eigenvalue weighted by molar-refractivity contribution is -0.153. The Kier molecular flexibility index (Phi) is 8.38. The Hall–Kier alpha value is -3.75. The number of anilines is 1. The van der Waals surface area contributed by atoms with Crippen molar-refractivity contribution in [2.75, 3.05) is 31.6 Å². The minimum absolute atomic E-state index is 0.187. The van der Waals surface area contributed by atoms with Crippen molar-refractivity contribution >= 4 is 23.4 Å². The fraction of sp³-hybridized carbons (Fsp3) is 0.457. The SMILES string of the molecule is C=CCN(C)C(=O)[C@H]1[C@H]2C(=O)N([C@H](CO)c3ccccc3)C(C(=O)N(CC=C)c3c(C)cccc3C)C23CC[C@]1(CC)O3. The summed E-state index contributed by atoms with van der Waals surface area (Å²) < 4.78 is 6.98. The highest BCUT2D eigenvalue weighted by Gasteiger charge is 2.79. The van der Waals surface area contributed by atoms with Crippen LogP contribution in [0.15, 0.2) is 73.8 Å². The molecule has 2 bridgehead atoms. The summed E-state index contributed by atoms with van der Waals surface area (Å²) in [7, 11) is 1.71. The molecule has 3 saturated heterocycles. The van der Waals surface area contributed by atoms with Gasteiger partial charge in [0, 0.05) is 25.8 Å². The number of para-hydroxylation sites is 1. The number of likely N-dealkylation sites (tertiary alicyclic amines) is 1. The smallest absolute Gasteiger partial charge is 0.253 e.